The Labute approximate surface area is 91.0 Å². The summed E-state index contributed by atoms with van der Waals surface area (Å²) in [5, 5.41) is 0. The molecule has 0 saturated heterocycles. The van der Waals surface area contributed by atoms with Gasteiger partial charge in [-0.2, -0.15) is 0 Å². The van der Waals surface area contributed by atoms with Crippen LogP contribution in [0, 0.1) is 0 Å². The molecule has 0 saturated carbocycles. The summed E-state index contributed by atoms with van der Waals surface area (Å²) in [5.74, 6) is 0.547. The molecule has 1 rings (SSSR count). The zero-order valence-corrected chi connectivity index (χ0v) is 9.31. The lowest BCUT2D eigenvalue weighted by atomic mass is 10.1. The van der Waals surface area contributed by atoms with Gasteiger partial charge < -0.3 is 10.5 Å². The Bertz CT molecular complexity index is 309. The fourth-order valence-corrected chi connectivity index (χ4v) is 1.41. The van der Waals surface area contributed by atoms with Gasteiger partial charge in [0.05, 0.1) is 0 Å². The van der Waals surface area contributed by atoms with Gasteiger partial charge in [-0.25, -0.2) is 0 Å². The largest absolute Gasteiger partial charge is 0.385 e. The van der Waals surface area contributed by atoms with Gasteiger partial charge in [-0.1, -0.05) is 30.3 Å². The van der Waals surface area contributed by atoms with Gasteiger partial charge in [-0.15, -0.1) is 0 Å². The summed E-state index contributed by atoms with van der Waals surface area (Å²) in [4.78, 5) is 4.19. The Morgan fingerprint density at radius 1 is 1.33 bits per heavy atom. The van der Waals surface area contributed by atoms with E-state index >= 15 is 0 Å². The molecule has 0 spiro atoms. The van der Waals surface area contributed by atoms with Crippen LogP contribution in [0.1, 0.15) is 25.5 Å². The Hall–Kier alpha value is -1.35. The molecule has 0 aliphatic carbocycles. The minimum atomic E-state index is -0.212. The van der Waals surface area contributed by atoms with Crippen molar-refractivity contribution in [2.24, 2.45) is 10.7 Å². The standard InChI is InChI=1S/C12H18N2O/c1-3-14-12(13)11(15-4-2)10-8-6-5-7-9-10/h5-9,11H,3-4H2,1-2H3,(H2,13,14). The van der Waals surface area contributed by atoms with Crippen molar-refractivity contribution < 1.29 is 4.74 Å². The number of rotatable bonds is 5. The molecule has 0 aliphatic rings. The van der Waals surface area contributed by atoms with Gasteiger partial charge in [-0.3, -0.25) is 4.99 Å². The van der Waals surface area contributed by atoms with Gasteiger partial charge in [0, 0.05) is 13.2 Å². The fraction of sp³-hybridized carbons (Fsp3) is 0.417. The molecule has 1 unspecified atom stereocenters. The van der Waals surface area contributed by atoms with E-state index in [0.29, 0.717) is 19.0 Å². The highest BCUT2D eigenvalue weighted by atomic mass is 16.5. The molecule has 1 aromatic rings. The molecule has 0 aromatic heterocycles. The fourth-order valence-electron chi connectivity index (χ4n) is 1.41. The number of amidine groups is 1. The number of nitrogens with zero attached hydrogens (tertiary/aromatic N) is 1. The molecule has 2 N–H and O–H groups in total. The lowest BCUT2D eigenvalue weighted by Gasteiger charge is -2.16. The number of ether oxygens (including phenoxy) is 1. The summed E-state index contributed by atoms with van der Waals surface area (Å²) in [6.07, 6.45) is -0.212. The number of aliphatic imine (C=N–C) groups is 1. The quantitative estimate of drug-likeness (QED) is 0.592. The topological polar surface area (TPSA) is 47.6 Å². The van der Waals surface area contributed by atoms with E-state index in [0.717, 1.165) is 5.56 Å². The summed E-state index contributed by atoms with van der Waals surface area (Å²) in [6, 6.07) is 9.91. The average molecular weight is 206 g/mol. The lowest BCUT2D eigenvalue weighted by Crippen LogP contribution is -2.24. The first-order valence-electron chi connectivity index (χ1n) is 5.26. The van der Waals surface area contributed by atoms with E-state index in [1.807, 2.05) is 44.2 Å². The maximum Gasteiger partial charge on any atom is 0.139 e. The summed E-state index contributed by atoms with van der Waals surface area (Å²) < 4.78 is 5.59. The molecule has 0 radical (unpaired) electrons. The van der Waals surface area contributed by atoms with Crippen molar-refractivity contribution in [2.75, 3.05) is 13.2 Å². The molecule has 0 heterocycles. The van der Waals surface area contributed by atoms with Gasteiger partial charge in [-0.05, 0) is 19.4 Å². The van der Waals surface area contributed by atoms with Gasteiger partial charge in [0.2, 0.25) is 0 Å². The SMILES string of the molecule is CCN=C(N)C(OCC)c1ccccc1. The van der Waals surface area contributed by atoms with Crippen molar-refractivity contribution in [3.8, 4) is 0 Å². The molecule has 1 atom stereocenters. The monoisotopic (exact) mass is 206 g/mol. The highest BCUT2D eigenvalue weighted by Gasteiger charge is 2.14. The molecule has 0 fully saturated rings. The predicted molar refractivity (Wildman–Crippen MR) is 63.0 cm³/mol. The number of hydrogen-bond donors (Lipinski definition) is 1. The van der Waals surface area contributed by atoms with Crippen LogP contribution in [0.4, 0.5) is 0 Å². The van der Waals surface area contributed by atoms with Crippen LogP contribution in [0.25, 0.3) is 0 Å². The Kier molecular flexibility index (Phi) is 4.84. The van der Waals surface area contributed by atoms with Crippen LogP contribution in [-0.4, -0.2) is 19.0 Å². The van der Waals surface area contributed by atoms with Crippen LogP contribution in [0.3, 0.4) is 0 Å². The Morgan fingerprint density at radius 2 is 2.00 bits per heavy atom. The van der Waals surface area contributed by atoms with Crippen LogP contribution in [0.15, 0.2) is 35.3 Å². The first-order chi connectivity index (χ1) is 7.29. The minimum absolute atomic E-state index is 0.212. The molecule has 15 heavy (non-hydrogen) atoms. The third-order valence-corrected chi connectivity index (χ3v) is 2.04. The van der Waals surface area contributed by atoms with E-state index < -0.39 is 0 Å². The van der Waals surface area contributed by atoms with Crippen molar-refractivity contribution in [1.82, 2.24) is 0 Å². The van der Waals surface area contributed by atoms with Crippen LogP contribution in [0.2, 0.25) is 0 Å². The van der Waals surface area contributed by atoms with Gasteiger partial charge in [0.1, 0.15) is 11.9 Å². The molecule has 82 valence electrons. The van der Waals surface area contributed by atoms with Gasteiger partial charge >= 0.3 is 0 Å². The van der Waals surface area contributed by atoms with E-state index in [-0.39, 0.29) is 6.10 Å². The molecule has 1 aromatic carbocycles. The second-order valence-corrected chi connectivity index (χ2v) is 3.15. The van der Waals surface area contributed by atoms with E-state index in [1.165, 1.54) is 0 Å². The van der Waals surface area contributed by atoms with E-state index in [1.54, 1.807) is 0 Å². The number of hydrogen-bond acceptors (Lipinski definition) is 2. The molecular weight excluding hydrogens is 188 g/mol. The second-order valence-electron chi connectivity index (χ2n) is 3.15. The Balaban J connectivity index is 2.88. The third-order valence-electron chi connectivity index (χ3n) is 2.04. The second kappa shape index (κ2) is 6.19. The van der Waals surface area contributed by atoms with Crippen molar-refractivity contribution in [3.05, 3.63) is 35.9 Å². The summed E-state index contributed by atoms with van der Waals surface area (Å²) in [5.41, 5.74) is 6.92. The van der Waals surface area contributed by atoms with E-state index in [2.05, 4.69) is 4.99 Å². The van der Waals surface area contributed by atoms with Crippen molar-refractivity contribution in [2.45, 2.75) is 20.0 Å². The van der Waals surface area contributed by atoms with Crippen LogP contribution >= 0.6 is 0 Å². The van der Waals surface area contributed by atoms with Crippen molar-refractivity contribution in [1.29, 1.82) is 0 Å². The molecule has 3 heteroatoms. The van der Waals surface area contributed by atoms with Crippen molar-refractivity contribution >= 4 is 5.84 Å². The first kappa shape index (κ1) is 11.7. The maximum atomic E-state index is 5.87. The highest BCUT2D eigenvalue weighted by molar-refractivity contribution is 5.86. The minimum Gasteiger partial charge on any atom is -0.385 e. The number of benzene rings is 1. The molecule has 0 amide bonds. The predicted octanol–water partition coefficient (Wildman–Crippen LogP) is 2.14. The van der Waals surface area contributed by atoms with Crippen molar-refractivity contribution in [3.63, 3.8) is 0 Å². The number of nitrogens with two attached hydrogens (primary N) is 1. The van der Waals surface area contributed by atoms with E-state index in [9.17, 15) is 0 Å². The first-order valence-corrected chi connectivity index (χ1v) is 5.26. The van der Waals surface area contributed by atoms with Gasteiger partial charge in [0.25, 0.3) is 0 Å². The average Bonchev–Trinajstić information content (AvgIpc) is 2.27. The Morgan fingerprint density at radius 3 is 2.53 bits per heavy atom. The van der Waals surface area contributed by atoms with Crippen LogP contribution < -0.4 is 5.73 Å². The third kappa shape index (κ3) is 3.36. The van der Waals surface area contributed by atoms with Gasteiger partial charge in [0.15, 0.2) is 0 Å². The zero-order valence-electron chi connectivity index (χ0n) is 9.31. The summed E-state index contributed by atoms with van der Waals surface area (Å²) in [7, 11) is 0. The normalized spacial score (nSPS) is 13.9. The molecule has 3 nitrogen and oxygen atoms in total. The van der Waals surface area contributed by atoms with Crippen LogP contribution in [0.5, 0.6) is 0 Å². The highest BCUT2D eigenvalue weighted by Crippen LogP contribution is 2.17. The molecule has 0 aliphatic heterocycles. The molecular formula is C12H18N2O. The summed E-state index contributed by atoms with van der Waals surface area (Å²) in [6.45, 7) is 5.22. The maximum absolute atomic E-state index is 5.87. The molecule has 0 bridgehead atoms. The summed E-state index contributed by atoms with van der Waals surface area (Å²) >= 11 is 0. The van der Waals surface area contributed by atoms with Crippen LogP contribution in [-0.2, 0) is 4.74 Å². The zero-order chi connectivity index (χ0) is 11.1. The van der Waals surface area contributed by atoms with E-state index in [4.69, 9.17) is 10.5 Å². The smallest absolute Gasteiger partial charge is 0.139 e. The lowest BCUT2D eigenvalue weighted by molar-refractivity contribution is 0.109.